The van der Waals surface area contributed by atoms with E-state index in [0.29, 0.717) is 27.4 Å². The number of carbonyl (C=O) groups excluding carboxylic acids is 1. The number of anilines is 1. The van der Waals surface area contributed by atoms with Crippen LogP contribution >= 0.6 is 11.6 Å². The van der Waals surface area contributed by atoms with E-state index in [1.165, 1.54) is 4.52 Å². The Balaban J connectivity index is 1.52. The zero-order valence-corrected chi connectivity index (χ0v) is 18.0. The molecule has 32 heavy (non-hydrogen) atoms. The number of pyridine rings is 1. The Bertz CT molecular complexity index is 1310. The molecule has 4 aromatic rings. The minimum Gasteiger partial charge on any atom is -0.388 e. The molecule has 1 amide bonds. The quantitative estimate of drug-likeness (QED) is 0.410. The fourth-order valence-electron chi connectivity index (χ4n) is 3.53. The predicted molar refractivity (Wildman–Crippen MR) is 121 cm³/mol. The topological polar surface area (TPSA) is 106 Å². The number of aliphatic hydroxyl groups excluding tert-OH is 1. The lowest BCUT2D eigenvalue weighted by molar-refractivity contribution is 0.0938. The Hall–Kier alpha value is -3.49. The molecule has 4 rings (SSSR count). The first-order valence-corrected chi connectivity index (χ1v) is 10.3. The molecule has 7 nitrogen and oxygen atoms in total. The summed E-state index contributed by atoms with van der Waals surface area (Å²) in [5.74, 6) is -1.06. The van der Waals surface area contributed by atoms with Crippen LogP contribution < -0.4 is 11.1 Å². The van der Waals surface area contributed by atoms with Gasteiger partial charge < -0.3 is 16.2 Å². The summed E-state index contributed by atoms with van der Waals surface area (Å²) >= 11 is 5.95. The van der Waals surface area contributed by atoms with E-state index in [4.69, 9.17) is 17.3 Å². The van der Waals surface area contributed by atoms with Gasteiger partial charge in [0.05, 0.1) is 11.7 Å². The highest BCUT2D eigenvalue weighted by atomic mass is 35.5. The summed E-state index contributed by atoms with van der Waals surface area (Å²) in [7, 11) is 0. The van der Waals surface area contributed by atoms with Crippen LogP contribution in [0.2, 0.25) is 5.02 Å². The number of aliphatic hydroxyl groups is 1. The molecule has 4 N–H and O–H groups in total. The van der Waals surface area contributed by atoms with Crippen molar-refractivity contribution >= 4 is 29.1 Å². The van der Waals surface area contributed by atoms with Crippen molar-refractivity contribution in [3.63, 3.8) is 0 Å². The average molecular weight is 454 g/mol. The Morgan fingerprint density at radius 3 is 2.88 bits per heavy atom. The predicted octanol–water partition coefficient (Wildman–Crippen LogP) is 3.93. The number of carbonyl (C=O) groups is 1. The van der Waals surface area contributed by atoms with E-state index in [-0.39, 0.29) is 30.0 Å². The highest BCUT2D eigenvalue weighted by Gasteiger charge is 2.20. The summed E-state index contributed by atoms with van der Waals surface area (Å²) < 4.78 is 16.9. The molecule has 2 heterocycles. The van der Waals surface area contributed by atoms with Crippen LogP contribution in [0.5, 0.6) is 0 Å². The number of aryl methyl sites for hydroxylation is 1. The molecule has 0 fully saturated rings. The molecule has 0 aliphatic carbocycles. The van der Waals surface area contributed by atoms with Gasteiger partial charge in [-0.2, -0.15) is 4.98 Å². The minimum atomic E-state index is -0.798. The smallest absolute Gasteiger partial charge is 0.254 e. The molecule has 0 bridgehead atoms. The van der Waals surface area contributed by atoms with Gasteiger partial charge in [0.1, 0.15) is 5.82 Å². The number of nitrogens with one attached hydrogen (secondary N) is 1. The number of nitrogen functional groups attached to an aromatic ring is 1. The molecule has 1 atom stereocenters. The van der Waals surface area contributed by atoms with Gasteiger partial charge in [-0.1, -0.05) is 35.9 Å². The second-order valence-corrected chi connectivity index (χ2v) is 7.86. The van der Waals surface area contributed by atoms with E-state index in [1.54, 1.807) is 61.7 Å². The van der Waals surface area contributed by atoms with Crippen LogP contribution in [0, 0.1) is 12.7 Å². The van der Waals surface area contributed by atoms with E-state index in [2.05, 4.69) is 15.4 Å². The molecule has 0 spiro atoms. The van der Waals surface area contributed by atoms with Gasteiger partial charge in [-0.3, -0.25) is 4.79 Å². The fraction of sp³-hybridized carbons (Fsp3) is 0.174. The van der Waals surface area contributed by atoms with Gasteiger partial charge >= 0.3 is 0 Å². The van der Waals surface area contributed by atoms with Crippen LogP contribution in [0.1, 0.15) is 34.0 Å². The van der Waals surface area contributed by atoms with Crippen molar-refractivity contribution in [3.05, 3.63) is 82.3 Å². The Morgan fingerprint density at radius 1 is 1.28 bits per heavy atom. The maximum absolute atomic E-state index is 15.4. The van der Waals surface area contributed by atoms with Gasteiger partial charge in [-0.05, 0) is 54.3 Å². The first-order chi connectivity index (χ1) is 15.3. The van der Waals surface area contributed by atoms with E-state index in [0.717, 1.165) is 0 Å². The molecule has 0 saturated heterocycles. The lowest BCUT2D eigenvalue weighted by atomic mass is 9.98. The standard InChI is InChI=1S/C23H21ClFN5O2/c1-13-5-6-17(14-8-10-30-19(12-14)28-23(26)29-30)21(25)20(13)22(32)27-9-7-18(31)15-3-2-4-16(24)11-15/h2-6,8,10-12,18,31H,7,9H2,1H3,(H2,26,29)(H,27,32)/t18-/m1/s1. The summed E-state index contributed by atoms with van der Waals surface area (Å²) in [5.41, 5.74) is 8.02. The lowest BCUT2D eigenvalue weighted by Crippen LogP contribution is -2.27. The monoisotopic (exact) mass is 453 g/mol. The third-order valence-electron chi connectivity index (χ3n) is 5.18. The molecular formula is C23H21ClFN5O2. The lowest BCUT2D eigenvalue weighted by Gasteiger charge is -2.14. The Labute approximate surface area is 188 Å². The maximum atomic E-state index is 15.4. The molecule has 164 valence electrons. The van der Waals surface area contributed by atoms with Crippen molar-refractivity contribution in [2.45, 2.75) is 19.4 Å². The second kappa shape index (κ2) is 8.94. The molecule has 0 saturated carbocycles. The van der Waals surface area contributed by atoms with Crippen LogP contribution in [0.15, 0.2) is 54.7 Å². The maximum Gasteiger partial charge on any atom is 0.254 e. The van der Waals surface area contributed by atoms with Gasteiger partial charge in [0, 0.05) is 23.3 Å². The molecule has 2 aromatic carbocycles. The number of aromatic nitrogens is 3. The van der Waals surface area contributed by atoms with Crippen molar-refractivity contribution in [3.8, 4) is 11.1 Å². The van der Waals surface area contributed by atoms with E-state index in [9.17, 15) is 9.90 Å². The largest absolute Gasteiger partial charge is 0.388 e. The van der Waals surface area contributed by atoms with Crippen LogP contribution in [-0.4, -0.2) is 32.2 Å². The van der Waals surface area contributed by atoms with Crippen molar-refractivity contribution in [1.29, 1.82) is 0 Å². The average Bonchev–Trinajstić information content (AvgIpc) is 3.13. The Kier molecular flexibility index (Phi) is 6.07. The van der Waals surface area contributed by atoms with Crippen molar-refractivity contribution in [1.82, 2.24) is 19.9 Å². The Morgan fingerprint density at radius 2 is 2.09 bits per heavy atom. The first-order valence-electron chi connectivity index (χ1n) is 9.96. The summed E-state index contributed by atoms with van der Waals surface area (Å²) in [4.78, 5) is 16.8. The molecule has 2 aromatic heterocycles. The molecule has 0 unspecified atom stereocenters. The second-order valence-electron chi connectivity index (χ2n) is 7.42. The number of hydrogen-bond acceptors (Lipinski definition) is 5. The van der Waals surface area contributed by atoms with E-state index < -0.39 is 17.8 Å². The van der Waals surface area contributed by atoms with Crippen LogP contribution in [0.3, 0.4) is 0 Å². The summed E-state index contributed by atoms with van der Waals surface area (Å²) in [6, 6.07) is 13.5. The third kappa shape index (κ3) is 4.42. The molecule has 9 heteroatoms. The molecule has 0 aliphatic heterocycles. The number of benzene rings is 2. The van der Waals surface area contributed by atoms with Gasteiger partial charge in [-0.15, -0.1) is 5.10 Å². The number of fused-ring (bicyclic) bond motifs is 1. The number of nitrogens with zero attached hydrogens (tertiary/aromatic N) is 3. The number of nitrogens with two attached hydrogens (primary N) is 1. The van der Waals surface area contributed by atoms with Crippen LogP contribution in [-0.2, 0) is 0 Å². The first kappa shape index (κ1) is 21.7. The van der Waals surface area contributed by atoms with E-state index in [1.807, 2.05) is 0 Å². The normalized spacial score (nSPS) is 12.1. The SMILES string of the molecule is Cc1ccc(-c2ccn3nc(N)nc3c2)c(F)c1C(=O)NCC[C@@H](O)c1cccc(Cl)c1. The van der Waals surface area contributed by atoms with Crippen molar-refractivity contribution in [2.24, 2.45) is 0 Å². The zero-order chi connectivity index (χ0) is 22.8. The number of halogens is 2. The summed E-state index contributed by atoms with van der Waals surface area (Å²) in [6.07, 6.45) is 1.09. The van der Waals surface area contributed by atoms with Gasteiger partial charge in [-0.25, -0.2) is 8.91 Å². The highest BCUT2D eigenvalue weighted by Crippen LogP contribution is 2.28. The van der Waals surface area contributed by atoms with Gasteiger partial charge in [0.2, 0.25) is 5.95 Å². The summed E-state index contributed by atoms with van der Waals surface area (Å²) in [5, 5.41) is 17.5. The molecule has 0 aliphatic rings. The number of rotatable bonds is 6. The molecule has 0 radical (unpaired) electrons. The third-order valence-corrected chi connectivity index (χ3v) is 5.41. The number of amides is 1. The van der Waals surface area contributed by atoms with Crippen LogP contribution in [0.4, 0.5) is 10.3 Å². The molecular weight excluding hydrogens is 433 g/mol. The summed E-state index contributed by atoms with van der Waals surface area (Å²) in [6.45, 7) is 1.84. The fourth-order valence-corrected chi connectivity index (χ4v) is 3.73. The van der Waals surface area contributed by atoms with Gasteiger partial charge in [0.15, 0.2) is 5.65 Å². The van der Waals surface area contributed by atoms with Crippen molar-refractivity contribution < 1.29 is 14.3 Å². The highest BCUT2D eigenvalue weighted by molar-refractivity contribution is 6.30. The van der Waals surface area contributed by atoms with Gasteiger partial charge in [0.25, 0.3) is 5.91 Å². The van der Waals surface area contributed by atoms with E-state index >= 15 is 4.39 Å². The zero-order valence-electron chi connectivity index (χ0n) is 17.2. The minimum absolute atomic E-state index is 0.0411. The van der Waals surface area contributed by atoms with Crippen LogP contribution in [0.25, 0.3) is 16.8 Å². The van der Waals surface area contributed by atoms with Crippen molar-refractivity contribution in [2.75, 3.05) is 12.3 Å². The number of hydrogen-bond donors (Lipinski definition) is 3.